The molecule has 0 amide bonds. The zero-order chi connectivity index (χ0) is 13.3. The van der Waals surface area contributed by atoms with Crippen LogP contribution >= 0.6 is 0 Å². The summed E-state index contributed by atoms with van der Waals surface area (Å²) in [7, 11) is 0. The van der Waals surface area contributed by atoms with Gasteiger partial charge in [-0.3, -0.25) is 4.79 Å². The van der Waals surface area contributed by atoms with Crippen LogP contribution in [-0.4, -0.2) is 27.1 Å². The molecule has 1 aliphatic heterocycles. The van der Waals surface area contributed by atoms with Gasteiger partial charge in [-0.25, -0.2) is 0 Å². The van der Waals surface area contributed by atoms with Crippen LogP contribution in [0.4, 0.5) is 0 Å². The van der Waals surface area contributed by atoms with E-state index in [1.165, 1.54) is 5.06 Å². The van der Waals surface area contributed by atoms with Gasteiger partial charge in [0.1, 0.15) is 5.78 Å². The van der Waals surface area contributed by atoms with E-state index in [0.29, 0.717) is 12.2 Å². The van der Waals surface area contributed by atoms with Crippen LogP contribution in [-0.2, 0) is 4.79 Å². The summed E-state index contributed by atoms with van der Waals surface area (Å²) in [6, 6.07) is 0. The quantitative estimate of drug-likeness (QED) is 0.820. The van der Waals surface area contributed by atoms with Gasteiger partial charge in [-0.05, 0) is 26.7 Å². The minimum absolute atomic E-state index is 0.0858. The molecule has 0 aromatic carbocycles. The minimum Gasteiger partial charge on any atom is -0.313 e. The molecule has 1 N–H and O–H groups in total. The van der Waals surface area contributed by atoms with Crippen LogP contribution in [0.3, 0.4) is 0 Å². The lowest BCUT2D eigenvalue weighted by atomic mass is 9.69. The lowest BCUT2D eigenvalue weighted by Gasteiger charge is -2.54. The summed E-state index contributed by atoms with van der Waals surface area (Å²) in [5, 5.41) is 12.1. The zero-order valence-electron chi connectivity index (χ0n) is 11.9. The smallest absolute Gasteiger partial charge is 0.139 e. The average Bonchev–Trinajstić information content (AvgIpc) is 2.25. The van der Waals surface area contributed by atoms with Crippen LogP contribution in [0, 0.1) is 5.92 Å². The molecule has 3 nitrogen and oxygen atoms in total. The third kappa shape index (κ3) is 2.41. The maximum atomic E-state index is 12.2. The highest BCUT2D eigenvalue weighted by molar-refractivity contribution is 5.84. The van der Waals surface area contributed by atoms with E-state index in [-0.39, 0.29) is 11.5 Å². The minimum atomic E-state index is -0.409. The van der Waals surface area contributed by atoms with Gasteiger partial charge in [-0.1, -0.05) is 33.6 Å². The molecule has 0 aromatic heterocycles. The second-order valence-corrected chi connectivity index (χ2v) is 6.03. The van der Waals surface area contributed by atoms with Crippen molar-refractivity contribution in [3.8, 4) is 0 Å². The van der Waals surface area contributed by atoms with E-state index in [9.17, 15) is 10.0 Å². The van der Waals surface area contributed by atoms with Crippen LogP contribution in [0.15, 0.2) is 0 Å². The first-order valence-electron chi connectivity index (χ1n) is 6.83. The number of hydrogen-bond acceptors (Lipinski definition) is 3. The monoisotopic (exact) mass is 241 g/mol. The van der Waals surface area contributed by atoms with Crippen LogP contribution in [0.2, 0.25) is 0 Å². The Balaban J connectivity index is 3.06. The Kier molecular flexibility index (Phi) is 4.37. The molecular formula is C14H27NO2. The molecule has 3 atom stereocenters. The molecule has 100 valence electrons. The molecule has 3 heteroatoms. The number of carbonyl (C=O) groups is 1. The van der Waals surface area contributed by atoms with Crippen molar-refractivity contribution in [3.63, 3.8) is 0 Å². The Labute approximate surface area is 105 Å². The Morgan fingerprint density at radius 2 is 1.82 bits per heavy atom. The van der Waals surface area contributed by atoms with Crippen molar-refractivity contribution in [2.75, 3.05) is 0 Å². The molecule has 0 bridgehead atoms. The maximum Gasteiger partial charge on any atom is 0.139 e. The highest BCUT2D eigenvalue weighted by Gasteiger charge is 2.52. The first-order valence-corrected chi connectivity index (χ1v) is 6.83. The summed E-state index contributed by atoms with van der Waals surface area (Å²) >= 11 is 0. The van der Waals surface area contributed by atoms with Crippen molar-refractivity contribution < 1.29 is 10.0 Å². The van der Waals surface area contributed by atoms with E-state index in [1.807, 2.05) is 20.8 Å². The molecule has 1 fully saturated rings. The van der Waals surface area contributed by atoms with Gasteiger partial charge in [0.25, 0.3) is 0 Å². The van der Waals surface area contributed by atoms with Crippen molar-refractivity contribution in [1.82, 2.24) is 5.06 Å². The first kappa shape index (κ1) is 14.7. The van der Waals surface area contributed by atoms with Gasteiger partial charge in [0, 0.05) is 12.3 Å². The molecule has 0 spiro atoms. The van der Waals surface area contributed by atoms with Gasteiger partial charge in [0.2, 0.25) is 0 Å². The molecule has 3 unspecified atom stereocenters. The van der Waals surface area contributed by atoms with E-state index in [0.717, 1.165) is 25.7 Å². The molecule has 1 aliphatic rings. The number of nitrogens with zero attached hydrogens (tertiary/aromatic N) is 1. The highest BCUT2D eigenvalue weighted by atomic mass is 16.5. The second-order valence-electron chi connectivity index (χ2n) is 6.03. The molecular weight excluding hydrogens is 214 g/mol. The summed E-state index contributed by atoms with van der Waals surface area (Å²) in [5.74, 6) is 0.208. The van der Waals surface area contributed by atoms with Gasteiger partial charge in [0.15, 0.2) is 0 Å². The lowest BCUT2D eigenvalue weighted by Crippen LogP contribution is -2.65. The van der Waals surface area contributed by atoms with E-state index in [1.54, 1.807) is 0 Å². The first-order chi connectivity index (χ1) is 7.81. The summed E-state index contributed by atoms with van der Waals surface area (Å²) < 4.78 is 0. The molecule has 0 aromatic rings. The molecule has 1 saturated heterocycles. The SMILES string of the molecule is CCCC1(C)CC(=O)C(C)C(C)(CCC)N1O. The number of rotatable bonds is 4. The van der Waals surface area contributed by atoms with Gasteiger partial charge in [-0.15, -0.1) is 0 Å². The second kappa shape index (κ2) is 5.07. The topological polar surface area (TPSA) is 40.5 Å². The predicted molar refractivity (Wildman–Crippen MR) is 69.0 cm³/mol. The molecule has 0 aliphatic carbocycles. The Morgan fingerprint density at radius 1 is 1.29 bits per heavy atom. The fraction of sp³-hybridized carbons (Fsp3) is 0.929. The number of piperidine rings is 1. The van der Waals surface area contributed by atoms with Crippen molar-refractivity contribution in [1.29, 1.82) is 0 Å². The van der Waals surface area contributed by atoms with E-state index >= 15 is 0 Å². The summed E-state index contributed by atoms with van der Waals surface area (Å²) in [4.78, 5) is 12.2. The van der Waals surface area contributed by atoms with E-state index < -0.39 is 5.54 Å². The maximum absolute atomic E-state index is 12.2. The number of hydrogen-bond donors (Lipinski definition) is 1. The number of Topliss-reactive ketones (excluding diaryl/α,β-unsaturated/α-hetero) is 1. The Hall–Kier alpha value is -0.410. The van der Waals surface area contributed by atoms with Crippen molar-refractivity contribution in [2.45, 2.75) is 77.8 Å². The molecule has 0 saturated carbocycles. The molecule has 1 rings (SSSR count). The van der Waals surface area contributed by atoms with Crippen LogP contribution < -0.4 is 0 Å². The van der Waals surface area contributed by atoms with Crippen LogP contribution in [0.25, 0.3) is 0 Å². The van der Waals surface area contributed by atoms with Crippen LogP contribution in [0.1, 0.15) is 66.7 Å². The number of hydroxylamine groups is 2. The largest absolute Gasteiger partial charge is 0.313 e. The Morgan fingerprint density at radius 3 is 2.29 bits per heavy atom. The standard InChI is InChI=1S/C14H27NO2/c1-6-8-13(4)10-12(16)11(3)14(5,9-7-2)15(13)17/h11,17H,6-10H2,1-5H3. The fourth-order valence-electron chi connectivity index (χ4n) is 3.31. The average molecular weight is 241 g/mol. The van der Waals surface area contributed by atoms with Crippen molar-refractivity contribution in [2.24, 2.45) is 5.92 Å². The van der Waals surface area contributed by atoms with Gasteiger partial charge in [0.05, 0.1) is 11.1 Å². The highest BCUT2D eigenvalue weighted by Crippen LogP contribution is 2.43. The van der Waals surface area contributed by atoms with E-state index in [4.69, 9.17) is 0 Å². The summed E-state index contributed by atoms with van der Waals surface area (Å²) in [5.41, 5.74) is -0.795. The van der Waals surface area contributed by atoms with Crippen molar-refractivity contribution >= 4 is 5.78 Å². The lowest BCUT2D eigenvalue weighted by molar-refractivity contribution is -0.262. The van der Waals surface area contributed by atoms with Crippen LogP contribution in [0.5, 0.6) is 0 Å². The zero-order valence-corrected chi connectivity index (χ0v) is 11.9. The molecule has 1 heterocycles. The third-order valence-electron chi connectivity index (χ3n) is 4.51. The van der Waals surface area contributed by atoms with E-state index in [2.05, 4.69) is 13.8 Å². The summed E-state index contributed by atoms with van der Waals surface area (Å²) in [6.45, 7) is 10.2. The molecule has 17 heavy (non-hydrogen) atoms. The number of ketones is 1. The van der Waals surface area contributed by atoms with Crippen molar-refractivity contribution in [3.05, 3.63) is 0 Å². The van der Waals surface area contributed by atoms with Gasteiger partial charge >= 0.3 is 0 Å². The van der Waals surface area contributed by atoms with Gasteiger partial charge < -0.3 is 5.21 Å². The summed E-state index contributed by atoms with van der Waals surface area (Å²) in [6.07, 6.45) is 4.15. The van der Waals surface area contributed by atoms with Gasteiger partial charge in [-0.2, -0.15) is 5.06 Å². The third-order valence-corrected chi connectivity index (χ3v) is 4.51. The Bertz CT molecular complexity index is 292. The molecule has 0 radical (unpaired) electrons. The number of carbonyl (C=O) groups excluding carboxylic acids is 1. The predicted octanol–water partition coefficient (Wildman–Crippen LogP) is 3.40. The normalized spacial score (nSPS) is 39.6. The fourth-order valence-corrected chi connectivity index (χ4v) is 3.31.